The third kappa shape index (κ3) is 2.38. The minimum atomic E-state index is -3.42. The van der Waals surface area contributed by atoms with E-state index in [1.807, 2.05) is 0 Å². The molecule has 128 valence electrons. The molecule has 0 spiro atoms. The average molecular weight is 351 g/mol. The maximum atomic E-state index is 9.44. The first-order chi connectivity index (χ1) is 16.6. The van der Waals surface area contributed by atoms with Crippen LogP contribution in [0.2, 0.25) is 0 Å². The van der Waals surface area contributed by atoms with E-state index in [0.717, 1.165) is 0 Å². The number of hydrogen-bond acceptors (Lipinski definition) is 2. The molecule has 3 heteroatoms. The van der Waals surface area contributed by atoms with E-state index in [2.05, 4.69) is 6.07 Å². The third-order valence-corrected chi connectivity index (χ3v) is 4.48. The van der Waals surface area contributed by atoms with Gasteiger partial charge in [0.05, 0.1) is 8.30 Å². The second-order valence-electron chi connectivity index (χ2n) is 6.03. The van der Waals surface area contributed by atoms with Gasteiger partial charge in [0.15, 0.2) is 11.8 Å². The molecule has 0 aliphatic rings. The second kappa shape index (κ2) is 6.00. The molecule has 4 aromatic rings. The average Bonchev–Trinajstić information content (AvgIpc) is 3.17. The highest BCUT2D eigenvalue weighted by Gasteiger charge is 2.19. The number of rotatable bonds is 2. The second-order valence-corrected chi connectivity index (χ2v) is 6.03. The fourth-order valence-corrected chi connectivity index (χ4v) is 3.21. The van der Waals surface area contributed by atoms with E-state index < -0.39 is 43.4 Å². The molecule has 0 aliphatic carbocycles. The Labute approximate surface area is 167 Å². The minimum absolute atomic E-state index is 0.0127. The van der Waals surface area contributed by atoms with Gasteiger partial charge in [-0.3, -0.25) is 0 Å². The van der Waals surface area contributed by atoms with Crippen LogP contribution in [0.3, 0.4) is 0 Å². The van der Waals surface area contributed by atoms with Crippen LogP contribution in [-0.2, 0) is 7.05 Å². The van der Waals surface area contributed by atoms with Crippen molar-refractivity contribution >= 4 is 21.9 Å². The standard InChI is InChI=1S/C23H21N2O/c1-14(2)16-10-11-25(4)20(12-16)18-8-9-21-22(15(18)3)19-7-5-6-17(13-24)23(19)26-21/h5-12,14H,1-4H3/q+1/i1D3,2D3,10D,11D,12D,14D. The molecule has 0 radical (unpaired) electrons. The molecule has 0 fully saturated rings. The van der Waals surface area contributed by atoms with Crippen LogP contribution < -0.4 is 4.57 Å². The van der Waals surface area contributed by atoms with E-state index in [1.165, 1.54) is 11.6 Å². The molecule has 2 aromatic heterocycles. The van der Waals surface area contributed by atoms with Gasteiger partial charge in [-0.05, 0) is 42.1 Å². The predicted octanol–water partition coefficient (Wildman–Crippen LogP) is 5.38. The molecule has 0 saturated heterocycles. The van der Waals surface area contributed by atoms with Gasteiger partial charge < -0.3 is 4.42 Å². The Bertz CT molecular complexity index is 1580. The third-order valence-electron chi connectivity index (χ3n) is 4.48. The van der Waals surface area contributed by atoms with Gasteiger partial charge in [0.1, 0.15) is 20.1 Å². The van der Waals surface area contributed by atoms with E-state index in [-0.39, 0.29) is 5.69 Å². The van der Waals surface area contributed by atoms with Crippen molar-refractivity contribution in [3.05, 3.63) is 65.3 Å². The molecule has 0 bridgehead atoms. The molecule has 0 aliphatic heterocycles. The smallest absolute Gasteiger partial charge is 0.212 e. The van der Waals surface area contributed by atoms with Crippen LogP contribution in [0.4, 0.5) is 0 Å². The zero-order valence-electron chi connectivity index (χ0n) is 24.2. The van der Waals surface area contributed by atoms with Crippen LogP contribution >= 0.6 is 0 Å². The van der Waals surface area contributed by atoms with Gasteiger partial charge >= 0.3 is 0 Å². The van der Waals surface area contributed by atoms with Crippen molar-refractivity contribution in [2.75, 3.05) is 0 Å². The summed E-state index contributed by atoms with van der Waals surface area (Å²) in [5, 5.41) is 10.7. The van der Waals surface area contributed by atoms with Gasteiger partial charge in [-0.15, -0.1) is 0 Å². The van der Waals surface area contributed by atoms with Gasteiger partial charge in [0.2, 0.25) is 5.69 Å². The number of furan rings is 1. The molecule has 0 N–H and O–H groups in total. The lowest BCUT2D eigenvalue weighted by molar-refractivity contribution is -0.660. The van der Waals surface area contributed by atoms with Crippen molar-refractivity contribution in [1.82, 2.24) is 0 Å². The SMILES string of the molecule is [2H]c1c(C([2H])(C([2H])([2H])[2H])C([2H])([2H])[2H])c([2H])c(-c2ccc3oc4c(C#N)cccc4c3c2C)[n+](C)c1[2H]. The number of benzene rings is 2. The van der Waals surface area contributed by atoms with Gasteiger partial charge in [0, 0.05) is 38.0 Å². The summed E-state index contributed by atoms with van der Waals surface area (Å²) in [6.45, 7) is -5.10. The Morgan fingerprint density at radius 3 is 2.92 bits per heavy atom. The number of aromatic nitrogens is 1. The van der Waals surface area contributed by atoms with Crippen LogP contribution in [0.1, 0.15) is 50.0 Å². The van der Waals surface area contributed by atoms with Crippen molar-refractivity contribution in [3.8, 4) is 17.3 Å². The molecule has 0 amide bonds. The van der Waals surface area contributed by atoms with Gasteiger partial charge in [-0.25, -0.2) is 4.57 Å². The summed E-state index contributed by atoms with van der Waals surface area (Å²) < 4.78 is 88.4. The fraction of sp³-hybridized carbons (Fsp3) is 0.217. The van der Waals surface area contributed by atoms with Crippen molar-refractivity contribution in [2.45, 2.75) is 26.5 Å². The molecule has 0 atom stereocenters. The number of nitrogens with zero attached hydrogens (tertiary/aromatic N) is 2. The lowest BCUT2D eigenvalue weighted by atomic mass is 9.96. The number of pyridine rings is 1. The summed E-state index contributed by atoms with van der Waals surface area (Å²) in [6, 6.07) is 8.93. The number of nitriles is 1. The highest BCUT2D eigenvalue weighted by Crippen LogP contribution is 2.37. The first-order valence-corrected chi connectivity index (χ1v) is 7.93. The summed E-state index contributed by atoms with van der Waals surface area (Å²) in [5.74, 6) is -3.31. The van der Waals surface area contributed by atoms with E-state index in [0.29, 0.717) is 38.6 Å². The molecule has 0 unspecified atom stereocenters. The Morgan fingerprint density at radius 2 is 2.15 bits per heavy atom. The van der Waals surface area contributed by atoms with Crippen molar-refractivity contribution < 1.29 is 22.7 Å². The van der Waals surface area contributed by atoms with Crippen LogP contribution in [0.5, 0.6) is 0 Å². The topological polar surface area (TPSA) is 40.8 Å². The number of aryl methyl sites for hydroxylation is 1. The fourth-order valence-electron chi connectivity index (χ4n) is 3.21. The summed E-state index contributed by atoms with van der Waals surface area (Å²) in [5.41, 5.74) is 1.25. The molecule has 26 heavy (non-hydrogen) atoms. The summed E-state index contributed by atoms with van der Waals surface area (Å²) in [6.07, 6.45) is -0.538. The molecular formula is C23H21N2O+. The summed E-state index contributed by atoms with van der Waals surface area (Å²) >= 11 is 0. The van der Waals surface area contributed by atoms with Crippen LogP contribution in [0.25, 0.3) is 33.2 Å². The number of hydrogen-bond donors (Lipinski definition) is 0. The Morgan fingerprint density at radius 1 is 1.31 bits per heavy atom. The van der Waals surface area contributed by atoms with Crippen molar-refractivity contribution in [1.29, 1.82) is 5.26 Å². The number of para-hydroxylation sites is 1. The molecule has 2 heterocycles. The molecule has 2 aromatic carbocycles. The predicted molar refractivity (Wildman–Crippen MR) is 104 cm³/mol. The van der Waals surface area contributed by atoms with Crippen LogP contribution in [0.15, 0.2) is 53.0 Å². The zero-order chi connectivity index (χ0) is 27.0. The lowest BCUT2D eigenvalue weighted by Gasteiger charge is -2.09. The van der Waals surface area contributed by atoms with E-state index in [1.54, 1.807) is 37.3 Å². The summed E-state index contributed by atoms with van der Waals surface area (Å²) in [4.78, 5) is 0. The highest BCUT2D eigenvalue weighted by atomic mass is 16.3. The first kappa shape index (κ1) is 8.51. The number of fused-ring (bicyclic) bond motifs is 3. The first-order valence-electron chi connectivity index (χ1n) is 12.9. The highest BCUT2D eigenvalue weighted by molar-refractivity contribution is 6.09. The zero-order valence-corrected chi connectivity index (χ0v) is 14.2. The Balaban J connectivity index is 2.16. The van der Waals surface area contributed by atoms with Crippen LogP contribution in [-0.4, -0.2) is 0 Å². The van der Waals surface area contributed by atoms with Crippen molar-refractivity contribution in [3.63, 3.8) is 0 Å². The molecule has 0 saturated carbocycles. The molecule has 4 rings (SSSR count). The quantitative estimate of drug-likeness (QED) is 0.455. The van der Waals surface area contributed by atoms with Crippen LogP contribution in [0, 0.1) is 18.3 Å². The van der Waals surface area contributed by atoms with E-state index in [4.69, 9.17) is 18.1 Å². The maximum absolute atomic E-state index is 9.44. The van der Waals surface area contributed by atoms with E-state index >= 15 is 0 Å². The van der Waals surface area contributed by atoms with Gasteiger partial charge in [-0.1, -0.05) is 25.8 Å². The maximum Gasteiger partial charge on any atom is 0.212 e. The monoisotopic (exact) mass is 351 g/mol. The van der Waals surface area contributed by atoms with Crippen molar-refractivity contribution in [2.24, 2.45) is 7.05 Å². The molecular weight excluding hydrogens is 320 g/mol. The van der Waals surface area contributed by atoms with Gasteiger partial charge in [0.25, 0.3) is 0 Å². The van der Waals surface area contributed by atoms with Gasteiger partial charge in [-0.2, -0.15) is 5.26 Å². The lowest BCUT2D eigenvalue weighted by Crippen LogP contribution is -2.30. The normalized spacial score (nSPS) is 18.3. The minimum Gasteiger partial charge on any atom is -0.455 e. The summed E-state index contributed by atoms with van der Waals surface area (Å²) in [7, 11) is 1.42. The molecule has 3 nitrogen and oxygen atoms in total. The van der Waals surface area contributed by atoms with E-state index in [9.17, 15) is 5.26 Å². The Kier molecular flexibility index (Phi) is 1.96. The largest absolute Gasteiger partial charge is 0.455 e. The Hall–Kier alpha value is -3.12.